The van der Waals surface area contributed by atoms with E-state index in [0.29, 0.717) is 18.8 Å². The van der Waals surface area contributed by atoms with Crippen molar-refractivity contribution in [3.05, 3.63) is 90.0 Å². The molecule has 3 aromatic carbocycles. The van der Waals surface area contributed by atoms with E-state index >= 15 is 0 Å². The lowest BCUT2D eigenvalue weighted by atomic mass is 10.2. The highest BCUT2D eigenvalue weighted by atomic mass is 32.2. The summed E-state index contributed by atoms with van der Waals surface area (Å²) in [5.41, 5.74) is 3.41. The minimum Gasteiger partial charge on any atom is -0.457 e. The van der Waals surface area contributed by atoms with E-state index in [0.717, 1.165) is 24.2 Å². The summed E-state index contributed by atoms with van der Waals surface area (Å²) in [6.45, 7) is 1.02. The lowest BCUT2D eigenvalue weighted by molar-refractivity contribution is 0.0955. The molecule has 164 valence electrons. The second kappa shape index (κ2) is 9.76. The molecule has 0 unspecified atom stereocenters. The molecule has 0 radical (unpaired) electrons. The van der Waals surface area contributed by atoms with Gasteiger partial charge in [-0.2, -0.15) is 9.41 Å². The van der Waals surface area contributed by atoms with Gasteiger partial charge in [-0.15, -0.1) is 0 Å². The van der Waals surface area contributed by atoms with E-state index in [-0.39, 0.29) is 10.5 Å². The highest BCUT2D eigenvalue weighted by Gasteiger charge is 2.27. The number of para-hydroxylation sites is 1. The Hall–Kier alpha value is -3.49. The molecule has 1 amide bonds. The fourth-order valence-corrected chi connectivity index (χ4v) is 4.95. The maximum Gasteiger partial charge on any atom is 0.271 e. The monoisotopic (exact) mass is 449 g/mol. The van der Waals surface area contributed by atoms with Crippen molar-refractivity contribution < 1.29 is 17.9 Å². The van der Waals surface area contributed by atoms with Crippen molar-refractivity contribution in [2.24, 2.45) is 5.10 Å². The summed E-state index contributed by atoms with van der Waals surface area (Å²) >= 11 is 0. The summed E-state index contributed by atoms with van der Waals surface area (Å²) < 4.78 is 32.7. The second-order valence-corrected chi connectivity index (χ2v) is 9.26. The molecule has 1 aliphatic rings. The molecule has 3 aromatic rings. The van der Waals surface area contributed by atoms with Crippen LogP contribution in [-0.4, -0.2) is 37.9 Å². The standard InChI is InChI=1S/C24H23N3O4S/c28-24(20-9-7-13-23(17-20)32(29,30)27-14-4-5-15-27)26-25-18-19-8-6-12-22(16-19)31-21-10-2-1-3-11-21/h1-3,6-13,16-18H,4-5,14-15H2,(H,26,28)/b25-18-. The minimum absolute atomic E-state index is 0.113. The summed E-state index contributed by atoms with van der Waals surface area (Å²) in [7, 11) is -3.59. The maximum absolute atomic E-state index is 12.7. The Morgan fingerprint density at radius 3 is 2.41 bits per heavy atom. The molecule has 8 heteroatoms. The smallest absolute Gasteiger partial charge is 0.271 e. The van der Waals surface area contributed by atoms with Crippen LogP contribution in [-0.2, 0) is 10.0 Å². The number of nitrogens with zero attached hydrogens (tertiary/aromatic N) is 2. The van der Waals surface area contributed by atoms with Gasteiger partial charge in [-0.1, -0.05) is 36.4 Å². The molecule has 0 spiro atoms. The number of nitrogens with one attached hydrogen (secondary N) is 1. The van der Waals surface area contributed by atoms with Crippen molar-refractivity contribution in [2.45, 2.75) is 17.7 Å². The normalized spacial score (nSPS) is 14.5. The van der Waals surface area contributed by atoms with Gasteiger partial charge >= 0.3 is 0 Å². The number of carbonyl (C=O) groups is 1. The minimum atomic E-state index is -3.59. The fraction of sp³-hybridized carbons (Fsp3) is 0.167. The van der Waals surface area contributed by atoms with Crippen molar-refractivity contribution in [1.29, 1.82) is 0 Å². The average Bonchev–Trinajstić information content (AvgIpc) is 3.36. The maximum atomic E-state index is 12.7. The summed E-state index contributed by atoms with van der Waals surface area (Å²) in [4.78, 5) is 12.6. The van der Waals surface area contributed by atoms with E-state index in [1.54, 1.807) is 18.2 Å². The first-order chi connectivity index (χ1) is 15.5. The second-order valence-electron chi connectivity index (χ2n) is 7.33. The lowest BCUT2D eigenvalue weighted by Gasteiger charge is -2.15. The Morgan fingerprint density at radius 2 is 1.62 bits per heavy atom. The van der Waals surface area contributed by atoms with Gasteiger partial charge in [-0.3, -0.25) is 4.79 Å². The van der Waals surface area contributed by atoms with Crippen molar-refractivity contribution in [3.8, 4) is 11.5 Å². The van der Waals surface area contributed by atoms with Gasteiger partial charge in [0.05, 0.1) is 11.1 Å². The molecule has 1 N–H and O–H groups in total. The zero-order chi connectivity index (χ0) is 22.4. The van der Waals surface area contributed by atoms with E-state index < -0.39 is 15.9 Å². The predicted molar refractivity (Wildman–Crippen MR) is 122 cm³/mol. The molecule has 4 rings (SSSR count). The Balaban J connectivity index is 1.41. The van der Waals surface area contributed by atoms with Crippen LogP contribution in [0.2, 0.25) is 0 Å². The Kier molecular flexibility index (Phi) is 6.63. The molecule has 0 atom stereocenters. The highest BCUT2D eigenvalue weighted by molar-refractivity contribution is 7.89. The molecule has 1 saturated heterocycles. The van der Waals surface area contributed by atoms with Gasteiger partial charge < -0.3 is 4.74 Å². The number of amides is 1. The highest BCUT2D eigenvalue weighted by Crippen LogP contribution is 2.22. The van der Waals surface area contributed by atoms with E-state index in [2.05, 4.69) is 10.5 Å². The van der Waals surface area contributed by atoms with E-state index in [1.165, 1.54) is 22.7 Å². The Labute approximate surface area is 187 Å². The van der Waals surface area contributed by atoms with Crippen LogP contribution >= 0.6 is 0 Å². The molecule has 7 nitrogen and oxygen atoms in total. The zero-order valence-corrected chi connectivity index (χ0v) is 18.2. The van der Waals surface area contributed by atoms with Crippen LogP contribution in [0.3, 0.4) is 0 Å². The Morgan fingerprint density at radius 1 is 0.906 bits per heavy atom. The summed E-state index contributed by atoms with van der Waals surface area (Å²) in [5, 5.41) is 4.00. The number of hydrazone groups is 1. The van der Waals surface area contributed by atoms with Crippen LogP contribution in [0.1, 0.15) is 28.8 Å². The lowest BCUT2D eigenvalue weighted by Crippen LogP contribution is -2.28. The quantitative estimate of drug-likeness (QED) is 0.436. The third-order valence-corrected chi connectivity index (χ3v) is 6.91. The van der Waals surface area contributed by atoms with Gasteiger partial charge in [0.25, 0.3) is 5.91 Å². The first kappa shape index (κ1) is 21.7. The number of rotatable bonds is 7. The number of sulfonamides is 1. The molecule has 0 aliphatic carbocycles. The van der Waals surface area contributed by atoms with Crippen molar-refractivity contribution in [2.75, 3.05) is 13.1 Å². The molecule has 1 aliphatic heterocycles. The Bertz CT molecular complexity index is 1220. The first-order valence-electron chi connectivity index (χ1n) is 10.3. The van der Waals surface area contributed by atoms with Crippen LogP contribution in [0, 0.1) is 0 Å². The molecular weight excluding hydrogens is 426 g/mol. The number of carbonyl (C=O) groups excluding carboxylic acids is 1. The summed E-state index contributed by atoms with van der Waals surface area (Å²) in [6.07, 6.45) is 3.21. The topological polar surface area (TPSA) is 88.1 Å². The predicted octanol–water partition coefficient (Wildman–Crippen LogP) is 4.03. The summed E-state index contributed by atoms with van der Waals surface area (Å²) in [6, 6.07) is 22.7. The van der Waals surface area contributed by atoms with E-state index in [4.69, 9.17) is 4.74 Å². The number of hydrogen-bond acceptors (Lipinski definition) is 5. The molecule has 0 aromatic heterocycles. The van der Waals surface area contributed by atoms with Gasteiger partial charge in [-0.25, -0.2) is 13.8 Å². The third kappa shape index (κ3) is 5.22. The van der Waals surface area contributed by atoms with Crippen LogP contribution in [0.5, 0.6) is 11.5 Å². The molecular formula is C24H23N3O4S. The van der Waals surface area contributed by atoms with Crippen LogP contribution in [0.4, 0.5) is 0 Å². The molecule has 1 fully saturated rings. The fourth-order valence-electron chi connectivity index (χ4n) is 3.39. The third-order valence-electron chi connectivity index (χ3n) is 5.02. The van der Waals surface area contributed by atoms with Crippen molar-refractivity contribution in [3.63, 3.8) is 0 Å². The first-order valence-corrected chi connectivity index (χ1v) is 11.7. The molecule has 0 saturated carbocycles. The number of hydrogen-bond donors (Lipinski definition) is 1. The molecule has 32 heavy (non-hydrogen) atoms. The largest absolute Gasteiger partial charge is 0.457 e. The molecule has 0 bridgehead atoms. The van der Waals surface area contributed by atoms with Crippen molar-refractivity contribution >= 4 is 22.1 Å². The van der Waals surface area contributed by atoms with Gasteiger partial charge in [0.15, 0.2) is 0 Å². The van der Waals surface area contributed by atoms with E-state index in [1.807, 2.05) is 48.5 Å². The average molecular weight is 450 g/mol. The number of ether oxygens (including phenoxy) is 1. The van der Waals surface area contributed by atoms with Gasteiger partial charge in [-0.05, 0) is 60.9 Å². The van der Waals surface area contributed by atoms with Gasteiger partial charge in [0, 0.05) is 18.7 Å². The molecule has 1 heterocycles. The number of benzene rings is 3. The van der Waals surface area contributed by atoms with Gasteiger partial charge in [0.1, 0.15) is 11.5 Å². The van der Waals surface area contributed by atoms with Crippen LogP contribution in [0.15, 0.2) is 88.9 Å². The van der Waals surface area contributed by atoms with E-state index in [9.17, 15) is 13.2 Å². The van der Waals surface area contributed by atoms with Crippen molar-refractivity contribution in [1.82, 2.24) is 9.73 Å². The van der Waals surface area contributed by atoms with Crippen LogP contribution < -0.4 is 10.2 Å². The van der Waals surface area contributed by atoms with Gasteiger partial charge in [0.2, 0.25) is 10.0 Å². The summed E-state index contributed by atoms with van der Waals surface area (Å²) in [5.74, 6) is 0.876. The SMILES string of the molecule is O=C(N/N=C\c1cccc(Oc2ccccc2)c1)c1cccc(S(=O)(=O)N2CCCC2)c1. The zero-order valence-electron chi connectivity index (χ0n) is 17.3. The van der Waals surface area contributed by atoms with Crippen LogP contribution in [0.25, 0.3) is 0 Å².